The number of ether oxygens (including phenoxy) is 1. The quantitative estimate of drug-likeness (QED) is 0.679. The molecule has 1 heterocycles. The van der Waals surface area contributed by atoms with Crippen molar-refractivity contribution in [1.29, 1.82) is 0 Å². The van der Waals surface area contributed by atoms with E-state index in [4.69, 9.17) is 15.6 Å². The minimum Gasteiger partial charge on any atom is -0.478 e. The summed E-state index contributed by atoms with van der Waals surface area (Å²) in [5.74, 6) is 0.444. The summed E-state index contributed by atoms with van der Waals surface area (Å²) in [5, 5.41) is 8.84. The van der Waals surface area contributed by atoms with Crippen molar-refractivity contribution in [1.82, 2.24) is 9.97 Å². The van der Waals surface area contributed by atoms with Crippen molar-refractivity contribution in [3.05, 3.63) is 18.1 Å². The van der Waals surface area contributed by atoms with Gasteiger partial charge in [0.15, 0.2) is 0 Å². The molecule has 1 aromatic heterocycles. The zero-order valence-corrected chi connectivity index (χ0v) is 7.47. The predicted molar refractivity (Wildman–Crippen MR) is 47.2 cm³/mol. The van der Waals surface area contributed by atoms with Crippen molar-refractivity contribution in [3.63, 3.8) is 0 Å². The molecule has 1 atom stereocenters. The molecule has 0 aliphatic heterocycles. The molecule has 72 valence electrons. The monoisotopic (exact) mass is 183 g/mol. The molecule has 1 unspecified atom stereocenters. The molecule has 5 nitrogen and oxygen atoms in total. The Morgan fingerprint density at radius 2 is 2.46 bits per heavy atom. The van der Waals surface area contributed by atoms with Gasteiger partial charge in [0.2, 0.25) is 5.88 Å². The highest BCUT2D eigenvalue weighted by atomic mass is 16.5. The number of aliphatic hydroxyl groups excluding tert-OH is 1. The first-order chi connectivity index (χ1) is 6.29. The van der Waals surface area contributed by atoms with Gasteiger partial charge in [0.05, 0.1) is 24.8 Å². The van der Waals surface area contributed by atoms with Gasteiger partial charge in [0, 0.05) is 6.20 Å². The minimum atomic E-state index is -0.484. The fraction of sp³-hybridized carbons (Fsp3) is 0.500. The third-order valence-electron chi connectivity index (χ3n) is 1.58. The summed E-state index contributed by atoms with van der Waals surface area (Å²) >= 11 is 0. The Balaban J connectivity index is 2.90. The van der Waals surface area contributed by atoms with Gasteiger partial charge in [-0.05, 0) is 6.92 Å². The summed E-state index contributed by atoms with van der Waals surface area (Å²) < 4.78 is 5.22. The summed E-state index contributed by atoms with van der Waals surface area (Å²) in [7, 11) is 0. The van der Waals surface area contributed by atoms with E-state index in [0.29, 0.717) is 18.1 Å². The predicted octanol–water partition coefficient (Wildman–Crippen LogP) is -0.133. The van der Waals surface area contributed by atoms with Crippen LogP contribution in [0.15, 0.2) is 12.5 Å². The summed E-state index contributed by atoms with van der Waals surface area (Å²) in [4.78, 5) is 7.73. The van der Waals surface area contributed by atoms with E-state index in [9.17, 15) is 0 Å². The third-order valence-corrected chi connectivity index (χ3v) is 1.58. The fourth-order valence-corrected chi connectivity index (χ4v) is 0.939. The Morgan fingerprint density at radius 1 is 1.69 bits per heavy atom. The van der Waals surface area contributed by atoms with Crippen LogP contribution in [0.4, 0.5) is 0 Å². The minimum absolute atomic E-state index is 0.145. The van der Waals surface area contributed by atoms with Crippen LogP contribution in [-0.4, -0.2) is 28.3 Å². The van der Waals surface area contributed by atoms with Gasteiger partial charge in [-0.3, -0.25) is 0 Å². The van der Waals surface area contributed by atoms with Gasteiger partial charge in [0.1, 0.15) is 6.33 Å². The molecular formula is C8H13N3O2. The van der Waals surface area contributed by atoms with Crippen LogP contribution in [0.25, 0.3) is 0 Å². The lowest BCUT2D eigenvalue weighted by atomic mass is 10.2. The third kappa shape index (κ3) is 2.37. The second kappa shape index (κ2) is 4.74. The first kappa shape index (κ1) is 9.88. The SMILES string of the molecule is CCOc1ncncc1C(N)CO. The second-order valence-corrected chi connectivity index (χ2v) is 2.51. The van der Waals surface area contributed by atoms with Gasteiger partial charge >= 0.3 is 0 Å². The Hall–Kier alpha value is -1.20. The van der Waals surface area contributed by atoms with Gasteiger partial charge < -0.3 is 15.6 Å². The zero-order chi connectivity index (χ0) is 9.68. The summed E-state index contributed by atoms with van der Waals surface area (Å²) in [6, 6.07) is -0.484. The van der Waals surface area contributed by atoms with Gasteiger partial charge in [-0.25, -0.2) is 9.97 Å². The van der Waals surface area contributed by atoms with E-state index in [2.05, 4.69) is 9.97 Å². The van der Waals surface area contributed by atoms with Crippen LogP contribution in [0.2, 0.25) is 0 Å². The van der Waals surface area contributed by atoms with Crippen LogP contribution < -0.4 is 10.5 Å². The Bertz CT molecular complexity index is 267. The molecule has 0 aromatic carbocycles. The van der Waals surface area contributed by atoms with Crippen molar-refractivity contribution in [3.8, 4) is 5.88 Å². The van der Waals surface area contributed by atoms with Gasteiger partial charge in [-0.1, -0.05) is 0 Å². The smallest absolute Gasteiger partial charge is 0.221 e. The Kier molecular flexibility index (Phi) is 3.60. The number of aliphatic hydroxyl groups is 1. The number of hydrogen-bond donors (Lipinski definition) is 2. The lowest BCUT2D eigenvalue weighted by Gasteiger charge is -2.11. The molecule has 0 aliphatic rings. The van der Waals surface area contributed by atoms with E-state index < -0.39 is 6.04 Å². The van der Waals surface area contributed by atoms with Crippen molar-refractivity contribution >= 4 is 0 Å². The second-order valence-electron chi connectivity index (χ2n) is 2.51. The molecular weight excluding hydrogens is 170 g/mol. The zero-order valence-electron chi connectivity index (χ0n) is 7.47. The van der Waals surface area contributed by atoms with Crippen LogP contribution in [-0.2, 0) is 0 Å². The fourth-order valence-electron chi connectivity index (χ4n) is 0.939. The van der Waals surface area contributed by atoms with Gasteiger partial charge in [0.25, 0.3) is 0 Å². The van der Waals surface area contributed by atoms with Crippen LogP contribution in [0.1, 0.15) is 18.5 Å². The number of rotatable bonds is 4. The molecule has 0 fully saturated rings. The number of aromatic nitrogens is 2. The van der Waals surface area contributed by atoms with Crippen LogP contribution in [0, 0.1) is 0 Å². The average molecular weight is 183 g/mol. The van der Waals surface area contributed by atoms with Gasteiger partial charge in [-0.2, -0.15) is 0 Å². The van der Waals surface area contributed by atoms with E-state index >= 15 is 0 Å². The number of nitrogens with zero attached hydrogens (tertiary/aromatic N) is 2. The largest absolute Gasteiger partial charge is 0.478 e. The van der Waals surface area contributed by atoms with E-state index in [0.717, 1.165) is 0 Å². The summed E-state index contributed by atoms with van der Waals surface area (Å²) in [5.41, 5.74) is 6.25. The van der Waals surface area contributed by atoms with Crippen LogP contribution in [0.3, 0.4) is 0 Å². The van der Waals surface area contributed by atoms with Crippen LogP contribution >= 0.6 is 0 Å². The average Bonchev–Trinajstić information content (AvgIpc) is 2.18. The molecule has 0 bridgehead atoms. The van der Waals surface area contributed by atoms with Crippen molar-refractivity contribution in [2.24, 2.45) is 5.73 Å². The first-order valence-corrected chi connectivity index (χ1v) is 4.08. The summed E-state index contributed by atoms with van der Waals surface area (Å²) in [6.07, 6.45) is 2.94. The lowest BCUT2D eigenvalue weighted by Crippen LogP contribution is -2.16. The van der Waals surface area contributed by atoms with E-state index in [1.165, 1.54) is 6.33 Å². The van der Waals surface area contributed by atoms with Crippen molar-refractivity contribution in [2.45, 2.75) is 13.0 Å². The van der Waals surface area contributed by atoms with E-state index in [1.54, 1.807) is 6.20 Å². The Labute approximate surface area is 76.6 Å². The lowest BCUT2D eigenvalue weighted by molar-refractivity contribution is 0.259. The first-order valence-electron chi connectivity index (χ1n) is 4.08. The summed E-state index contributed by atoms with van der Waals surface area (Å²) in [6.45, 7) is 2.23. The topological polar surface area (TPSA) is 81.3 Å². The molecule has 0 amide bonds. The molecule has 1 rings (SSSR count). The number of nitrogens with two attached hydrogens (primary N) is 1. The van der Waals surface area contributed by atoms with Gasteiger partial charge in [-0.15, -0.1) is 0 Å². The molecule has 0 spiro atoms. The highest BCUT2D eigenvalue weighted by Crippen LogP contribution is 2.18. The normalized spacial score (nSPS) is 12.5. The van der Waals surface area contributed by atoms with E-state index in [1.807, 2.05) is 6.92 Å². The maximum atomic E-state index is 8.84. The van der Waals surface area contributed by atoms with Crippen LogP contribution in [0.5, 0.6) is 5.88 Å². The number of hydrogen-bond acceptors (Lipinski definition) is 5. The molecule has 0 saturated heterocycles. The van der Waals surface area contributed by atoms with Crippen molar-refractivity contribution < 1.29 is 9.84 Å². The molecule has 0 aliphatic carbocycles. The maximum absolute atomic E-state index is 8.84. The Morgan fingerprint density at radius 3 is 3.08 bits per heavy atom. The maximum Gasteiger partial charge on any atom is 0.221 e. The standard InChI is InChI=1S/C8H13N3O2/c1-2-13-8-6(7(9)4-12)3-10-5-11-8/h3,5,7,12H,2,4,9H2,1H3. The molecule has 3 N–H and O–H groups in total. The van der Waals surface area contributed by atoms with E-state index in [-0.39, 0.29) is 6.61 Å². The van der Waals surface area contributed by atoms with Crippen molar-refractivity contribution in [2.75, 3.05) is 13.2 Å². The highest BCUT2D eigenvalue weighted by molar-refractivity contribution is 5.25. The molecule has 1 aromatic rings. The molecule has 0 radical (unpaired) electrons. The highest BCUT2D eigenvalue weighted by Gasteiger charge is 2.11. The molecule has 13 heavy (non-hydrogen) atoms. The molecule has 0 saturated carbocycles. The molecule has 5 heteroatoms.